The molecule has 0 bridgehead atoms. The Hall–Kier alpha value is -0.330. The minimum atomic E-state index is 0.121. The molecule has 2 aliphatic carbocycles. The maximum atomic E-state index is 11.0. The molecule has 0 radical (unpaired) electrons. The van der Waals surface area contributed by atoms with Gasteiger partial charge in [0.1, 0.15) is 6.29 Å². The van der Waals surface area contributed by atoms with Gasteiger partial charge in [0, 0.05) is 5.41 Å². The first-order valence-electron chi connectivity index (χ1n) is 5.81. The summed E-state index contributed by atoms with van der Waals surface area (Å²) in [5.41, 5.74) is 0.121. The van der Waals surface area contributed by atoms with Gasteiger partial charge in [-0.05, 0) is 31.6 Å². The molecular formula is C12H20O. The molecule has 1 heteroatoms. The van der Waals surface area contributed by atoms with Gasteiger partial charge in [0.15, 0.2) is 0 Å². The molecule has 74 valence electrons. The Kier molecular flexibility index (Phi) is 2.71. The van der Waals surface area contributed by atoms with E-state index in [1.54, 1.807) is 0 Å². The van der Waals surface area contributed by atoms with Crippen LogP contribution in [-0.4, -0.2) is 6.29 Å². The zero-order valence-electron chi connectivity index (χ0n) is 8.43. The largest absolute Gasteiger partial charge is 0.303 e. The lowest BCUT2D eigenvalue weighted by molar-refractivity contribution is -0.116. The highest BCUT2D eigenvalue weighted by Gasteiger charge is 2.34. The number of carbonyl (C=O) groups is 1. The van der Waals surface area contributed by atoms with E-state index < -0.39 is 0 Å². The average Bonchev–Trinajstić information content (AvgIpc) is 2.51. The number of hydrogen-bond acceptors (Lipinski definition) is 1. The van der Waals surface area contributed by atoms with Crippen molar-refractivity contribution in [2.75, 3.05) is 0 Å². The summed E-state index contributed by atoms with van der Waals surface area (Å²) in [6.07, 6.45) is 12.9. The molecular weight excluding hydrogens is 160 g/mol. The predicted molar refractivity (Wildman–Crippen MR) is 53.5 cm³/mol. The Balaban J connectivity index is 1.79. The first-order valence-corrected chi connectivity index (χ1v) is 5.81. The van der Waals surface area contributed by atoms with Crippen LogP contribution in [0.1, 0.15) is 57.8 Å². The molecule has 2 fully saturated rings. The lowest BCUT2D eigenvalue weighted by Crippen LogP contribution is -2.21. The van der Waals surface area contributed by atoms with Crippen molar-refractivity contribution in [3.05, 3.63) is 0 Å². The van der Waals surface area contributed by atoms with Crippen molar-refractivity contribution in [3.8, 4) is 0 Å². The first-order chi connectivity index (χ1) is 6.35. The van der Waals surface area contributed by atoms with E-state index in [1.165, 1.54) is 64.1 Å². The minimum absolute atomic E-state index is 0.121. The number of carbonyl (C=O) groups excluding carboxylic acids is 1. The summed E-state index contributed by atoms with van der Waals surface area (Å²) in [5.74, 6) is 0.970. The molecule has 0 aromatic heterocycles. The molecule has 0 N–H and O–H groups in total. The second-order valence-electron chi connectivity index (χ2n) is 5.02. The second-order valence-corrected chi connectivity index (χ2v) is 5.02. The van der Waals surface area contributed by atoms with Crippen molar-refractivity contribution in [1.82, 2.24) is 0 Å². The third kappa shape index (κ3) is 1.95. The fourth-order valence-electron chi connectivity index (χ4n) is 2.78. The molecule has 1 nitrogen and oxygen atoms in total. The molecule has 0 aliphatic heterocycles. The van der Waals surface area contributed by atoms with Crippen molar-refractivity contribution < 1.29 is 4.79 Å². The van der Waals surface area contributed by atoms with Gasteiger partial charge in [0.05, 0.1) is 0 Å². The van der Waals surface area contributed by atoms with Gasteiger partial charge in [-0.15, -0.1) is 0 Å². The van der Waals surface area contributed by atoms with E-state index in [0.717, 1.165) is 5.92 Å². The lowest BCUT2D eigenvalue weighted by atomic mass is 9.75. The first kappa shape index (κ1) is 9.23. The molecule has 2 aliphatic rings. The summed E-state index contributed by atoms with van der Waals surface area (Å²) >= 11 is 0. The maximum absolute atomic E-state index is 11.0. The molecule has 0 unspecified atom stereocenters. The van der Waals surface area contributed by atoms with Crippen LogP contribution in [0.3, 0.4) is 0 Å². The maximum Gasteiger partial charge on any atom is 0.126 e. The van der Waals surface area contributed by atoms with E-state index in [4.69, 9.17) is 0 Å². The van der Waals surface area contributed by atoms with Gasteiger partial charge in [-0.3, -0.25) is 0 Å². The summed E-state index contributed by atoms with van der Waals surface area (Å²) in [6.45, 7) is 0. The molecule has 0 aromatic rings. The molecule has 0 aromatic carbocycles. The van der Waals surface area contributed by atoms with Crippen LogP contribution in [0.4, 0.5) is 0 Å². The van der Waals surface area contributed by atoms with Crippen molar-refractivity contribution in [2.24, 2.45) is 11.3 Å². The van der Waals surface area contributed by atoms with E-state index in [-0.39, 0.29) is 5.41 Å². The molecule has 0 spiro atoms. The molecule has 13 heavy (non-hydrogen) atoms. The standard InChI is InChI=1S/C12H20O/c13-10-12(7-1-2-8-12)9-6-11-4-3-5-11/h10-11H,1-9H2. The zero-order valence-corrected chi connectivity index (χ0v) is 8.43. The van der Waals surface area contributed by atoms with E-state index >= 15 is 0 Å². The Labute approximate surface area is 80.9 Å². The summed E-state index contributed by atoms with van der Waals surface area (Å²) in [7, 11) is 0. The van der Waals surface area contributed by atoms with Crippen molar-refractivity contribution in [3.63, 3.8) is 0 Å². The van der Waals surface area contributed by atoms with Gasteiger partial charge in [0.25, 0.3) is 0 Å². The molecule has 0 atom stereocenters. The van der Waals surface area contributed by atoms with E-state index in [0.29, 0.717) is 0 Å². The quantitative estimate of drug-likeness (QED) is 0.606. The average molecular weight is 180 g/mol. The van der Waals surface area contributed by atoms with Gasteiger partial charge in [-0.1, -0.05) is 32.1 Å². The molecule has 0 amide bonds. The van der Waals surface area contributed by atoms with Crippen LogP contribution in [-0.2, 0) is 4.79 Å². The van der Waals surface area contributed by atoms with Crippen LogP contribution in [0.5, 0.6) is 0 Å². The topological polar surface area (TPSA) is 17.1 Å². The Morgan fingerprint density at radius 1 is 1.15 bits per heavy atom. The highest BCUT2D eigenvalue weighted by molar-refractivity contribution is 5.59. The Morgan fingerprint density at radius 2 is 1.85 bits per heavy atom. The smallest absolute Gasteiger partial charge is 0.126 e. The third-order valence-electron chi connectivity index (χ3n) is 4.12. The van der Waals surface area contributed by atoms with Crippen LogP contribution in [0.15, 0.2) is 0 Å². The normalized spacial score (nSPS) is 27.1. The fourth-order valence-corrected chi connectivity index (χ4v) is 2.78. The zero-order chi connectivity index (χ0) is 9.15. The Bertz CT molecular complexity index is 176. The van der Waals surface area contributed by atoms with Crippen LogP contribution in [0, 0.1) is 11.3 Å². The van der Waals surface area contributed by atoms with Gasteiger partial charge in [-0.25, -0.2) is 0 Å². The molecule has 2 rings (SSSR count). The van der Waals surface area contributed by atoms with Crippen molar-refractivity contribution >= 4 is 6.29 Å². The monoisotopic (exact) mass is 180 g/mol. The molecule has 2 saturated carbocycles. The summed E-state index contributed by atoms with van der Waals surface area (Å²) < 4.78 is 0. The third-order valence-corrected chi connectivity index (χ3v) is 4.12. The number of hydrogen-bond donors (Lipinski definition) is 0. The Morgan fingerprint density at radius 3 is 2.31 bits per heavy atom. The SMILES string of the molecule is O=CC1(CCC2CCC2)CCCC1. The lowest BCUT2D eigenvalue weighted by Gasteiger charge is -2.29. The van der Waals surface area contributed by atoms with Crippen LogP contribution < -0.4 is 0 Å². The van der Waals surface area contributed by atoms with Gasteiger partial charge in [-0.2, -0.15) is 0 Å². The van der Waals surface area contributed by atoms with Crippen molar-refractivity contribution in [2.45, 2.75) is 57.8 Å². The van der Waals surface area contributed by atoms with Crippen molar-refractivity contribution in [1.29, 1.82) is 0 Å². The van der Waals surface area contributed by atoms with Crippen LogP contribution in [0.2, 0.25) is 0 Å². The van der Waals surface area contributed by atoms with Gasteiger partial charge in [0.2, 0.25) is 0 Å². The highest BCUT2D eigenvalue weighted by Crippen LogP contribution is 2.43. The van der Waals surface area contributed by atoms with Gasteiger partial charge < -0.3 is 4.79 Å². The summed E-state index contributed by atoms with van der Waals surface area (Å²) in [6, 6.07) is 0. The van der Waals surface area contributed by atoms with E-state index in [1.807, 2.05) is 0 Å². The van der Waals surface area contributed by atoms with Gasteiger partial charge >= 0.3 is 0 Å². The molecule has 0 heterocycles. The minimum Gasteiger partial charge on any atom is -0.303 e. The van der Waals surface area contributed by atoms with E-state index in [9.17, 15) is 4.79 Å². The number of aldehydes is 1. The predicted octanol–water partition coefficient (Wildman–Crippen LogP) is 3.33. The second kappa shape index (κ2) is 3.81. The van der Waals surface area contributed by atoms with Crippen LogP contribution in [0.25, 0.3) is 0 Å². The van der Waals surface area contributed by atoms with E-state index in [2.05, 4.69) is 0 Å². The van der Waals surface area contributed by atoms with Crippen LogP contribution >= 0.6 is 0 Å². The summed E-state index contributed by atoms with van der Waals surface area (Å²) in [4.78, 5) is 11.0. The number of rotatable bonds is 4. The molecule has 0 saturated heterocycles. The summed E-state index contributed by atoms with van der Waals surface area (Å²) in [5, 5.41) is 0. The highest BCUT2D eigenvalue weighted by atomic mass is 16.1. The fraction of sp³-hybridized carbons (Fsp3) is 0.917.